The van der Waals surface area contributed by atoms with Crippen LogP contribution >= 0.6 is 0 Å². The van der Waals surface area contributed by atoms with Crippen molar-refractivity contribution in [2.45, 2.75) is 12.0 Å². The molecule has 0 bridgehead atoms. The van der Waals surface area contributed by atoms with Gasteiger partial charge in [0.05, 0.1) is 24.9 Å². The maximum atomic E-state index is 12.1. The number of carbonyl (C=O) groups excluding carboxylic acids is 1. The number of rotatable bonds is 6. The van der Waals surface area contributed by atoms with Gasteiger partial charge < -0.3 is 20.5 Å². The van der Waals surface area contributed by atoms with Crippen molar-refractivity contribution < 1.29 is 14.6 Å². The van der Waals surface area contributed by atoms with Crippen molar-refractivity contribution in [3.8, 4) is 5.75 Å². The summed E-state index contributed by atoms with van der Waals surface area (Å²) in [5.74, 6) is 0.503. The van der Waals surface area contributed by atoms with Crippen LogP contribution in [-0.4, -0.2) is 61.9 Å². The molecule has 1 heterocycles. The molecule has 0 aliphatic carbocycles. The van der Waals surface area contributed by atoms with Crippen molar-refractivity contribution in [2.75, 3.05) is 45.7 Å². The van der Waals surface area contributed by atoms with Gasteiger partial charge in [-0.15, -0.1) is 0 Å². The maximum Gasteiger partial charge on any atom is 0.238 e. The third-order valence-corrected chi connectivity index (χ3v) is 3.58. The zero-order valence-corrected chi connectivity index (χ0v) is 12.6. The van der Waals surface area contributed by atoms with E-state index in [1.54, 1.807) is 19.2 Å². The van der Waals surface area contributed by atoms with Gasteiger partial charge in [-0.3, -0.25) is 9.69 Å². The van der Waals surface area contributed by atoms with Crippen LogP contribution in [0.2, 0.25) is 0 Å². The van der Waals surface area contributed by atoms with E-state index in [1.165, 1.54) is 0 Å². The van der Waals surface area contributed by atoms with Gasteiger partial charge in [0.1, 0.15) is 5.75 Å². The van der Waals surface area contributed by atoms with Gasteiger partial charge in [0.15, 0.2) is 0 Å². The quantitative estimate of drug-likeness (QED) is 0.703. The van der Waals surface area contributed by atoms with Crippen molar-refractivity contribution in [1.29, 1.82) is 0 Å². The summed E-state index contributed by atoms with van der Waals surface area (Å²) in [6.45, 7) is 2.09. The summed E-state index contributed by atoms with van der Waals surface area (Å²) < 4.78 is 5.20. The predicted octanol–water partition coefficient (Wildman–Crippen LogP) is 0.290. The first kappa shape index (κ1) is 15.8. The molecule has 2 rings (SSSR count). The Kier molecular flexibility index (Phi) is 5.17. The van der Waals surface area contributed by atoms with Crippen LogP contribution in [0.1, 0.15) is 6.42 Å². The number of hydrogen-bond acceptors (Lipinski definition) is 5. The van der Waals surface area contributed by atoms with Gasteiger partial charge in [0, 0.05) is 13.1 Å². The number of nitrogens with one attached hydrogen (secondary N) is 2. The lowest BCUT2D eigenvalue weighted by Crippen LogP contribution is -2.45. The number of hydrogen-bond donors (Lipinski definition) is 3. The summed E-state index contributed by atoms with van der Waals surface area (Å²) in [6.07, 6.45) is 0.714. The molecule has 1 unspecified atom stereocenters. The second kappa shape index (κ2) is 6.89. The van der Waals surface area contributed by atoms with Crippen molar-refractivity contribution >= 4 is 11.6 Å². The SMILES string of the molecule is COc1ccccc1NC(=O)CN(C)CC1(O)CCNC1. The Morgan fingerprint density at radius 1 is 1.52 bits per heavy atom. The molecule has 0 saturated carbocycles. The van der Waals surface area contributed by atoms with Gasteiger partial charge in [0.2, 0.25) is 5.91 Å². The van der Waals surface area contributed by atoms with Crippen molar-refractivity contribution in [3.63, 3.8) is 0 Å². The molecule has 1 aliphatic rings. The molecule has 1 saturated heterocycles. The Labute approximate surface area is 125 Å². The maximum absolute atomic E-state index is 12.1. The lowest BCUT2D eigenvalue weighted by Gasteiger charge is -2.27. The first-order valence-electron chi connectivity index (χ1n) is 7.07. The minimum Gasteiger partial charge on any atom is -0.495 e. The number of ether oxygens (including phenoxy) is 1. The van der Waals surface area contributed by atoms with Gasteiger partial charge in [0.25, 0.3) is 0 Å². The number of para-hydroxylation sites is 2. The summed E-state index contributed by atoms with van der Waals surface area (Å²) in [5.41, 5.74) is -0.0842. The molecule has 1 aromatic rings. The van der Waals surface area contributed by atoms with E-state index in [9.17, 15) is 9.90 Å². The first-order valence-corrected chi connectivity index (χ1v) is 7.07. The fourth-order valence-electron chi connectivity index (χ4n) is 2.61. The average molecular weight is 293 g/mol. The molecule has 1 fully saturated rings. The highest BCUT2D eigenvalue weighted by atomic mass is 16.5. The third kappa shape index (κ3) is 4.42. The van der Waals surface area contributed by atoms with Crippen LogP contribution < -0.4 is 15.4 Å². The van der Waals surface area contributed by atoms with Gasteiger partial charge in [-0.05, 0) is 32.1 Å². The van der Waals surface area contributed by atoms with Crippen LogP contribution in [-0.2, 0) is 4.79 Å². The van der Waals surface area contributed by atoms with Crippen LogP contribution in [0.5, 0.6) is 5.75 Å². The average Bonchev–Trinajstić information content (AvgIpc) is 2.85. The van der Waals surface area contributed by atoms with Gasteiger partial charge in [-0.25, -0.2) is 0 Å². The number of benzene rings is 1. The second-order valence-corrected chi connectivity index (χ2v) is 5.57. The molecule has 1 amide bonds. The Morgan fingerprint density at radius 3 is 2.95 bits per heavy atom. The van der Waals surface area contributed by atoms with Gasteiger partial charge in [-0.2, -0.15) is 0 Å². The summed E-state index contributed by atoms with van der Waals surface area (Å²) >= 11 is 0. The van der Waals surface area contributed by atoms with E-state index in [2.05, 4.69) is 10.6 Å². The molecular formula is C15H23N3O3. The molecule has 1 aliphatic heterocycles. The van der Waals surface area contributed by atoms with E-state index in [0.717, 1.165) is 6.54 Å². The number of aliphatic hydroxyl groups is 1. The largest absolute Gasteiger partial charge is 0.495 e. The molecule has 0 radical (unpaired) electrons. The zero-order chi connectivity index (χ0) is 15.3. The van der Waals surface area contributed by atoms with Crippen LogP contribution in [0.3, 0.4) is 0 Å². The Balaban J connectivity index is 1.86. The number of amides is 1. The summed E-state index contributed by atoms with van der Waals surface area (Å²) in [6, 6.07) is 7.29. The highest BCUT2D eigenvalue weighted by molar-refractivity contribution is 5.93. The summed E-state index contributed by atoms with van der Waals surface area (Å²) in [7, 11) is 3.40. The minimum absolute atomic E-state index is 0.128. The Morgan fingerprint density at radius 2 is 2.29 bits per heavy atom. The molecule has 1 atom stereocenters. The fraction of sp³-hybridized carbons (Fsp3) is 0.533. The van der Waals surface area contributed by atoms with Crippen LogP contribution in [0.25, 0.3) is 0 Å². The molecule has 116 valence electrons. The lowest BCUT2D eigenvalue weighted by atomic mass is 10.0. The number of β-amino-alcohol motifs (C(OH)–C–C–N with tert-alkyl or cyclic N) is 1. The number of methoxy groups -OCH3 is 1. The van der Waals surface area contributed by atoms with Crippen molar-refractivity contribution in [1.82, 2.24) is 10.2 Å². The van der Waals surface area contributed by atoms with Gasteiger partial charge in [-0.1, -0.05) is 12.1 Å². The molecule has 0 aromatic heterocycles. The Hall–Kier alpha value is -1.63. The molecule has 3 N–H and O–H groups in total. The summed E-state index contributed by atoms with van der Waals surface area (Å²) in [5, 5.41) is 16.3. The molecule has 6 heteroatoms. The molecular weight excluding hydrogens is 270 g/mol. The number of likely N-dealkylation sites (N-methyl/N-ethyl adjacent to an activating group) is 1. The molecule has 1 aromatic carbocycles. The van der Waals surface area contributed by atoms with Crippen LogP contribution in [0.15, 0.2) is 24.3 Å². The van der Waals surface area contributed by atoms with E-state index in [4.69, 9.17) is 4.74 Å². The Bertz CT molecular complexity index is 487. The monoisotopic (exact) mass is 293 g/mol. The van der Waals surface area contributed by atoms with Gasteiger partial charge >= 0.3 is 0 Å². The minimum atomic E-state index is -0.737. The van der Waals surface area contributed by atoms with E-state index < -0.39 is 5.60 Å². The number of carbonyl (C=O) groups is 1. The van der Waals surface area contributed by atoms with E-state index in [1.807, 2.05) is 24.1 Å². The number of nitrogens with zero attached hydrogens (tertiary/aromatic N) is 1. The zero-order valence-electron chi connectivity index (χ0n) is 12.6. The van der Waals surface area contributed by atoms with Crippen LogP contribution in [0, 0.1) is 0 Å². The van der Waals surface area contributed by atoms with E-state index in [0.29, 0.717) is 30.9 Å². The topological polar surface area (TPSA) is 73.8 Å². The number of anilines is 1. The summed E-state index contributed by atoms with van der Waals surface area (Å²) in [4.78, 5) is 13.9. The van der Waals surface area contributed by atoms with Crippen LogP contribution in [0.4, 0.5) is 5.69 Å². The normalized spacial score (nSPS) is 21.5. The standard InChI is InChI=1S/C15H23N3O3/c1-18(11-15(20)7-8-16-10-15)9-14(19)17-12-5-3-4-6-13(12)21-2/h3-6,16,20H,7-11H2,1-2H3,(H,17,19). The highest BCUT2D eigenvalue weighted by Crippen LogP contribution is 2.23. The van der Waals surface area contributed by atoms with E-state index in [-0.39, 0.29) is 12.5 Å². The van der Waals surface area contributed by atoms with E-state index >= 15 is 0 Å². The third-order valence-electron chi connectivity index (χ3n) is 3.58. The molecule has 6 nitrogen and oxygen atoms in total. The first-order chi connectivity index (χ1) is 10.0. The highest BCUT2D eigenvalue weighted by Gasteiger charge is 2.32. The van der Waals surface area contributed by atoms with Crippen molar-refractivity contribution in [2.24, 2.45) is 0 Å². The smallest absolute Gasteiger partial charge is 0.238 e. The lowest BCUT2D eigenvalue weighted by molar-refractivity contribution is -0.117. The molecule has 21 heavy (non-hydrogen) atoms. The predicted molar refractivity (Wildman–Crippen MR) is 81.6 cm³/mol. The molecule has 0 spiro atoms. The van der Waals surface area contributed by atoms with Crippen molar-refractivity contribution in [3.05, 3.63) is 24.3 Å². The fourth-order valence-corrected chi connectivity index (χ4v) is 2.61. The second-order valence-electron chi connectivity index (χ2n) is 5.57.